The van der Waals surface area contributed by atoms with Crippen molar-refractivity contribution in [1.29, 1.82) is 0 Å². The van der Waals surface area contributed by atoms with Gasteiger partial charge in [-0.3, -0.25) is 4.79 Å². The van der Waals surface area contributed by atoms with Crippen LogP contribution in [0, 0.1) is 11.8 Å². The van der Waals surface area contributed by atoms with Crippen molar-refractivity contribution in [3.63, 3.8) is 0 Å². The molecule has 0 aromatic carbocycles. The summed E-state index contributed by atoms with van der Waals surface area (Å²) >= 11 is 0. The third-order valence-electron chi connectivity index (χ3n) is 5.05. The zero-order valence-electron chi connectivity index (χ0n) is 14.0. The second kappa shape index (κ2) is 7.10. The van der Waals surface area contributed by atoms with Crippen molar-refractivity contribution in [3.8, 4) is 0 Å². The van der Waals surface area contributed by atoms with Crippen molar-refractivity contribution in [1.82, 2.24) is 10.2 Å². The minimum Gasteiger partial charge on any atom is -0.351 e. The van der Waals surface area contributed by atoms with Gasteiger partial charge in [-0.2, -0.15) is 0 Å². The molecule has 4 heteroatoms. The molecule has 0 aromatic heterocycles. The lowest BCUT2D eigenvalue weighted by Gasteiger charge is -2.37. The summed E-state index contributed by atoms with van der Waals surface area (Å²) in [4.78, 5) is 14.9. The van der Waals surface area contributed by atoms with Gasteiger partial charge in [0.25, 0.3) is 0 Å². The van der Waals surface area contributed by atoms with Crippen LogP contribution in [0.2, 0.25) is 0 Å². The van der Waals surface area contributed by atoms with Crippen LogP contribution in [0.1, 0.15) is 59.3 Å². The van der Waals surface area contributed by atoms with Gasteiger partial charge >= 0.3 is 0 Å². The highest BCUT2D eigenvalue weighted by atomic mass is 16.2. The van der Waals surface area contributed by atoms with E-state index in [1.165, 1.54) is 12.8 Å². The number of nitrogens with one attached hydrogen (secondary N) is 1. The molecule has 3 unspecified atom stereocenters. The van der Waals surface area contributed by atoms with Gasteiger partial charge in [0, 0.05) is 25.7 Å². The summed E-state index contributed by atoms with van der Waals surface area (Å²) in [6.45, 7) is 9.99. The number of carbonyl (C=O) groups is 1. The number of likely N-dealkylation sites (tertiary alicyclic amines) is 1. The van der Waals surface area contributed by atoms with Crippen molar-refractivity contribution >= 4 is 5.91 Å². The van der Waals surface area contributed by atoms with E-state index in [-0.39, 0.29) is 11.9 Å². The van der Waals surface area contributed by atoms with E-state index in [0.29, 0.717) is 0 Å². The molecule has 0 aromatic rings. The Bertz CT molecular complexity index is 342. The van der Waals surface area contributed by atoms with Crippen LogP contribution >= 0.6 is 0 Å². The first-order chi connectivity index (χ1) is 9.89. The second-order valence-electron chi connectivity index (χ2n) is 7.76. The summed E-state index contributed by atoms with van der Waals surface area (Å²) in [5.74, 6) is 1.58. The van der Waals surface area contributed by atoms with Crippen LogP contribution in [-0.2, 0) is 4.79 Å². The number of piperidine rings is 1. The lowest BCUT2D eigenvalue weighted by atomic mass is 9.82. The highest BCUT2D eigenvalue weighted by Gasteiger charge is 2.36. The van der Waals surface area contributed by atoms with E-state index in [4.69, 9.17) is 5.73 Å². The molecule has 1 heterocycles. The Morgan fingerprint density at radius 1 is 1.24 bits per heavy atom. The van der Waals surface area contributed by atoms with Gasteiger partial charge in [0.2, 0.25) is 5.91 Å². The molecule has 122 valence electrons. The van der Waals surface area contributed by atoms with Crippen molar-refractivity contribution in [2.75, 3.05) is 19.6 Å². The lowest BCUT2D eigenvalue weighted by Crippen LogP contribution is -2.58. The van der Waals surface area contributed by atoms with Gasteiger partial charge in [-0.25, -0.2) is 0 Å². The molecule has 4 nitrogen and oxygen atoms in total. The summed E-state index contributed by atoms with van der Waals surface area (Å²) in [5.41, 5.74) is 5.69. The topological polar surface area (TPSA) is 58.4 Å². The van der Waals surface area contributed by atoms with Gasteiger partial charge in [-0.05, 0) is 38.0 Å². The van der Waals surface area contributed by atoms with Gasteiger partial charge in [-0.1, -0.05) is 33.1 Å². The Hall–Kier alpha value is -0.610. The standard InChI is InChI=1S/C17H33N3O/c1-13-9-14(2)11-20(10-13)12-15(3)19-16(21)17(18)7-5-4-6-8-17/h13-15H,4-12,18H2,1-3H3,(H,19,21). The molecule has 2 rings (SSSR count). The molecule has 1 saturated heterocycles. The van der Waals surface area contributed by atoms with E-state index in [1.54, 1.807) is 0 Å². The van der Waals surface area contributed by atoms with Crippen molar-refractivity contribution in [2.24, 2.45) is 17.6 Å². The number of nitrogens with zero attached hydrogens (tertiary/aromatic N) is 1. The third kappa shape index (κ3) is 4.68. The molecule has 3 atom stereocenters. The van der Waals surface area contributed by atoms with E-state index in [2.05, 4.69) is 31.0 Å². The quantitative estimate of drug-likeness (QED) is 0.835. The fourth-order valence-corrected chi connectivity index (χ4v) is 4.15. The average Bonchev–Trinajstić information content (AvgIpc) is 2.37. The first-order valence-corrected chi connectivity index (χ1v) is 8.71. The van der Waals surface area contributed by atoms with Crippen molar-refractivity contribution < 1.29 is 4.79 Å². The monoisotopic (exact) mass is 295 g/mol. The molecule has 1 amide bonds. The van der Waals surface area contributed by atoms with Crippen molar-refractivity contribution in [2.45, 2.75) is 70.9 Å². The summed E-state index contributed by atoms with van der Waals surface area (Å²) < 4.78 is 0. The predicted molar refractivity (Wildman–Crippen MR) is 87.0 cm³/mol. The Kier molecular flexibility index (Phi) is 5.67. The minimum absolute atomic E-state index is 0.0628. The zero-order chi connectivity index (χ0) is 15.5. The first kappa shape index (κ1) is 16.8. The molecule has 0 spiro atoms. The fraction of sp³-hybridized carbons (Fsp3) is 0.941. The van der Waals surface area contributed by atoms with Gasteiger partial charge < -0.3 is 16.0 Å². The van der Waals surface area contributed by atoms with E-state index in [1.807, 2.05) is 0 Å². The third-order valence-corrected chi connectivity index (χ3v) is 5.05. The van der Waals surface area contributed by atoms with Gasteiger partial charge in [0.15, 0.2) is 0 Å². The summed E-state index contributed by atoms with van der Waals surface area (Å²) in [6.07, 6.45) is 6.38. The van der Waals surface area contributed by atoms with Gasteiger partial charge in [-0.15, -0.1) is 0 Å². The molecule has 0 bridgehead atoms. The SMILES string of the molecule is CC1CC(C)CN(CC(C)NC(=O)C2(N)CCCCC2)C1. The van der Waals surface area contributed by atoms with Crippen LogP contribution in [-0.4, -0.2) is 42.0 Å². The van der Waals surface area contributed by atoms with Gasteiger partial charge in [0.05, 0.1) is 5.54 Å². The second-order valence-corrected chi connectivity index (χ2v) is 7.76. The number of hydrogen-bond donors (Lipinski definition) is 2. The Morgan fingerprint density at radius 2 is 1.81 bits per heavy atom. The smallest absolute Gasteiger partial charge is 0.240 e. The lowest BCUT2D eigenvalue weighted by molar-refractivity contribution is -0.128. The fourth-order valence-electron chi connectivity index (χ4n) is 4.15. The molecule has 1 aliphatic carbocycles. The first-order valence-electron chi connectivity index (χ1n) is 8.71. The number of carbonyl (C=O) groups excluding carboxylic acids is 1. The number of amides is 1. The Balaban J connectivity index is 1.80. The molecule has 3 N–H and O–H groups in total. The highest BCUT2D eigenvalue weighted by Crippen LogP contribution is 2.26. The Labute approximate surface area is 129 Å². The molecule has 2 aliphatic rings. The van der Waals surface area contributed by atoms with E-state index in [9.17, 15) is 4.79 Å². The Morgan fingerprint density at radius 3 is 2.38 bits per heavy atom. The summed E-state index contributed by atoms with van der Waals surface area (Å²) in [6, 6.07) is 0.178. The summed E-state index contributed by atoms with van der Waals surface area (Å²) in [7, 11) is 0. The molecule has 1 aliphatic heterocycles. The number of hydrogen-bond acceptors (Lipinski definition) is 3. The highest BCUT2D eigenvalue weighted by molar-refractivity contribution is 5.86. The number of rotatable bonds is 4. The van der Waals surface area contributed by atoms with Crippen LogP contribution in [0.3, 0.4) is 0 Å². The van der Waals surface area contributed by atoms with Crippen LogP contribution in [0.4, 0.5) is 0 Å². The molecular weight excluding hydrogens is 262 g/mol. The maximum absolute atomic E-state index is 12.4. The molecule has 1 saturated carbocycles. The molecule has 0 radical (unpaired) electrons. The maximum atomic E-state index is 12.4. The van der Waals surface area contributed by atoms with Crippen molar-refractivity contribution in [3.05, 3.63) is 0 Å². The van der Waals surface area contributed by atoms with Crippen LogP contribution in [0.15, 0.2) is 0 Å². The molecular formula is C17H33N3O. The van der Waals surface area contributed by atoms with Gasteiger partial charge in [0.1, 0.15) is 0 Å². The zero-order valence-corrected chi connectivity index (χ0v) is 14.0. The normalized spacial score (nSPS) is 31.6. The average molecular weight is 295 g/mol. The molecule has 21 heavy (non-hydrogen) atoms. The van der Waals surface area contributed by atoms with E-state index in [0.717, 1.165) is 57.2 Å². The number of nitrogens with two attached hydrogens (primary N) is 1. The van der Waals surface area contributed by atoms with E-state index >= 15 is 0 Å². The maximum Gasteiger partial charge on any atom is 0.240 e. The minimum atomic E-state index is -0.616. The van der Waals surface area contributed by atoms with Crippen LogP contribution in [0.25, 0.3) is 0 Å². The van der Waals surface area contributed by atoms with Crippen LogP contribution < -0.4 is 11.1 Å². The molecule has 2 fully saturated rings. The largest absolute Gasteiger partial charge is 0.351 e. The van der Waals surface area contributed by atoms with E-state index < -0.39 is 5.54 Å². The predicted octanol–water partition coefficient (Wildman–Crippen LogP) is 2.13. The van der Waals surface area contributed by atoms with Crippen LogP contribution in [0.5, 0.6) is 0 Å². The summed E-state index contributed by atoms with van der Waals surface area (Å²) in [5, 5.41) is 3.16.